The average molecular weight is 513 g/mol. The van der Waals surface area contributed by atoms with Crippen LogP contribution in [0.4, 0.5) is 5.82 Å². The van der Waals surface area contributed by atoms with Gasteiger partial charge in [0.15, 0.2) is 0 Å². The molecule has 1 fully saturated rings. The molecule has 3 aliphatic heterocycles. The number of carbonyl (C=O) groups is 2. The maximum absolute atomic E-state index is 13.0. The number of likely N-dealkylation sites (tertiary alicyclic amines) is 1. The molecule has 2 atom stereocenters. The van der Waals surface area contributed by atoms with Crippen molar-refractivity contribution < 1.29 is 18.9 Å². The highest BCUT2D eigenvalue weighted by Crippen LogP contribution is 2.36. The van der Waals surface area contributed by atoms with Gasteiger partial charge < -0.3 is 15.0 Å². The summed E-state index contributed by atoms with van der Waals surface area (Å²) in [5.41, 5.74) is 2.71. The number of hydrogen-bond donors (Lipinski definition) is 2. The Morgan fingerprint density at radius 2 is 2.05 bits per heavy atom. The lowest BCUT2D eigenvalue weighted by molar-refractivity contribution is -0.750. The van der Waals surface area contributed by atoms with E-state index in [0.29, 0.717) is 30.4 Å². The van der Waals surface area contributed by atoms with Crippen molar-refractivity contribution in [2.45, 2.75) is 25.3 Å². The molecular formula is C28H30N7O3+. The Hall–Kier alpha value is -4.25. The molecule has 0 spiro atoms. The lowest BCUT2D eigenvalue weighted by atomic mass is 9.98. The number of rotatable bonds is 7. The fourth-order valence-electron chi connectivity index (χ4n) is 4.87. The van der Waals surface area contributed by atoms with Crippen LogP contribution < -0.4 is 11.2 Å². The number of benzene rings is 1. The highest BCUT2D eigenvalue weighted by molar-refractivity contribution is 6.05. The molecule has 5 rings (SSSR count). The van der Waals surface area contributed by atoms with Crippen molar-refractivity contribution in [2.24, 2.45) is 15.8 Å². The van der Waals surface area contributed by atoms with Crippen molar-refractivity contribution >= 4 is 29.7 Å². The molecule has 10 heteroatoms. The first-order valence-electron chi connectivity index (χ1n) is 12.5. The van der Waals surface area contributed by atoms with Crippen LogP contribution in [0, 0.1) is 0 Å². The van der Waals surface area contributed by atoms with Crippen LogP contribution in [0.5, 0.6) is 0 Å². The quantitative estimate of drug-likeness (QED) is 0.335. The zero-order valence-electron chi connectivity index (χ0n) is 21.2. The van der Waals surface area contributed by atoms with Crippen LogP contribution in [0.3, 0.4) is 0 Å². The standard InChI is InChI=1S/C28H29N7O3/c1-38-18-6-9-25(36)34-16-5-3-7-22(34)26-23-19-30-15-17-35(23,29)27(33-26)20-10-12-21(13-11-20)28(37)32-24-8-2-4-14-31-24/h2,4,6,8-15,17,19,22H,3,5,7,16,18,29H2,1H3/p+1/b9-6+. The van der Waals surface area contributed by atoms with Gasteiger partial charge in [0.1, 0.15) is 17.7 Å². The molecule has 2 unspecified atom stereocenters. The summed E-state index contributed by atoms with van der Waals surface area (Å²) < 4.78 is 4.89. The number of allylic oxidation sites excluding steroid dienone is 1. The van der Waals surface area contributed by atoms with E-state index < -0.39 is 0 Å². The first-order valence-corrected chi connectivity index (χ1v) is 12.5. The van der Waals surface area contributed by atoms with Gasteiger partial charge in [-0.1, -0.05) is 12.1 Å². The summed E-state index contributed by atoms with van der Waals surface area (Å²) >= 11 is 0. The molecule has 1 saturated heterocycles. The summed E-state index contributed by atoms with van der Waals surface area (Å²) in [6.45, 7) is 1.01. The number of pyridine rings is 1. The van der Waals surface area contributed by atoms with Crippen LogP contribution in [0.25, 0.3) is 0 Å². The number of aromatic nitrogens is 1. The Bertz CT molecular complexity index is 1360. The van der Waals surface area contributed by atoms with E-state index in [4.69, 9.17) is 15.6 Å². The fraction of sp³-hybridized carbons (Fsp3) is 0.250. The third-order valence-electron chi connectivity index (χ3n) is 6.76. The van der Waals surface area contributed by atoms with Gasteiger partial charge in [0, 0.05) is 31.5 Å². The van der Waals surface area contributed by atoms with Crippen molar-refractivity contribution in [3.8, 4) is 0 Å². The van der Waals surface area contributed by atoms with E-state index in [1.807, 2.05) is 23.1 Å². The largest absolute Gasteiger partial charge is 0.381 e. The number of nitrogens with one attached hydrogen (secondary N) is 1. The molecule has 0 saturated carbocycles. The predicted octanol–water partition coefficient (Wildman–Crippen LogP) is 3.14. The van der Waals surface area contributed by atoms with Crippen LogP contribution in [0.1, 0.15) is 35.2 Å². The van der Waals surface area contributed by atoms with Gasteiger partial charge in [-0.2, -0.15) is 10.8 Å². The molecule has 10 nitrogen and oxygen atoms in total. The van der Waals surface area contributed by atoms with Gasteiger partial charge >= 0.3 is 0 Å². The molecule has 0 aliphatic carbocycles. The summed E-state index contributed by atoms with van der Waals surface area (Å²) in [5, 5.41) is 2.79. The number of aliphatic imine (C=N–C) groups is 2. The number of amides is 2. The maximum atomic E-state index is 13.0. The van der Waals surface area contributed by atoms with E-state index in [2.05, 4.69) is 15.3 Å². The number of hydrogen-bond acceptors (Lipinski definition) is 7. The lowest BCUT2D eigenvalue weighted by Crippen LogP contribution is -2.53. The minimum Gasteiger partial charge on any atom is -0.381 e. The number of quaternary nitrogens is 1. The van der Waals surface area contributed by atoms with E-state index in [-0.39, 0.29) is 22.4 Å². The minimum absolute atomic E-state index is 0.0785. The van der Waals surface area contributed by atoms with Gasteiger partial charge in [0.2, 0.25) is 11.6 Å². The lowest BCUT2D eigenvalue weighted by Gasteiger charge is -2.35. The number of amidine groups is 1. The Morgan fingerprint density at radius 1 is 1.21 bits per heavy atom. The highest BCUT2D eigenvalue weighted by atomic mass is 16.5. The summed E-state index contributed by atoms with van der Waals surface area (Å²) in [6, 6.07) is 12.2. The normalized spacial score (nSPS) is 22.5. The summed E-state index contributed by atoms with van der Waals surface area (Å²) in [4.78, 5) is 41.1. The van der Waals surface area contributed by atoms with Gasteiger partial charge in [-0.05, 0) is 55.7 Å². The fourth-order valence-corrected chi connectivity index (χ4v) is 4.87. The summed E-state index contributed by atoms with van der Waals surface area (Å²) in [7, 11) is 1.59. The third kappa shape index (κ3) is 4.97. The number of anilines is 1. The molecule has 0 radical (unpaired) electrons. The number of fused-ring (bicyclic) bond motifs is 1. The molecule has 194 valence electrons. The Labute approximate surface area is 221 Å². The van der Waals surface area contributed by atoms with Gasteiger partial charge in [0.25, 0.3) is 11.7 Å². The third-order valence-corrected chi connectivity index (χ3v) is 6.76. The zero-order chi connectivity index (χ0) is 26.5. The minimum atomic E-state index is -0.261. The van der Waals surface area contributed by atoms with Crippen LogP contribution in [-0.2, 0) is 9.53 Å². The van der Waals surface area contributed by atoms with E-state index in [9.17, 15) is 9.59 Å². The van der Waals surface area contributed by atoms with Crippen LogP contribution >= 0.6 is 0 Å². The van der Waals surface area contributed by atoms with Gasteiger partial charge in [-0.15, -0.1) is 4.59 Å². The molecule has 38 heavy (non-hydrogen) atoms. The summed E-state index contributed by atoms with van der Waals surface area (Å²) in [6.07, 6.45) is 12.7. The second-order valence-corrected chi connectivity index (χ2v) is 9.21. The number of piperidine rings is 1. The topological polar surface area (TPSA) is 122 Å². The van der Waals surface area contributed by atoms with E-state index in [1.54, 1.807) is 68.3 Å². The second kappa shape index (κ2) is 11.0. The van der Waals surface area contributed by atoms with Crippen LogP contribution in [-0.4, -0.2) is 64.6 Å². The van der Waals surface area contributed by atoms with Gasteiger partial charge in [0.05, 0.1) is 30.6 Å². The first-order chi connectivity index (χ1) is 18.5. The number of nitrogens with zero attached hydrogens (tertiary/aromatic N) is 5. The number of carbonyl (C=O) groups excluding carboxylic acids is 2. The molecule has 3 N–H and O–H groups in total. The van der Waals surface area contributed by atoms with Crippen molar-refractivity contribution in [1.29, 1.82) is 0 Å². The molecule has 1 aromatic carbocycles. The van der Waals surface area contributed by atoms with Crippen molar-refractivity contribution in [2.75, 3.05) is 25.6 Å². The molecule has 0 bridgehead atoms. The first kappa shape index (κ1) is 25.4. The summed E-state index contributed by atoms with van der Waals surface area (Å²) in [5.74, 6) is 7.65. The van der Waals surface area contributed by atoms with Gasteiger partial charge in [-0.25, -0.2) is 4.98 Å². The molecular weight excluding hydrogens is 482 g/mol. The maximum Gasteiger partial charge on any atom is 0.264 e. The van der Waals surface area contributed by atoms with E-state index in [0.717, 1.165) is 36.2 Å². The van der Waals surface area contributed by atoms with Crippen molar-refractivity contribution in [3.05, 3.63) is 95.7 Å². The second-order valence-electron chi connectivity index (χ2n) is 9.21. The molecule has 1 aromatic heterocycles. The van der Waals surface area contributed by atoms with Gasteiger partial charge in [-0.3, -0.25) is 14.6 Å². The highest BCUT2D eigenvalue weighted by Gasteiger charge is 2.47. The molecule has 2 aromatic rings. The Kier molecular flexibility index (Phi) is 7.36. The monoisotopic (exact) mass is 512 g/mol. The molecule has 4 heterocycles. The predicted molar refractivity (Wildman–Crippen MR) is 145 cm³/mol. The molecule has 3 aliphatic rings. The number of ether oxygens (including phenoxy) is 1. The van der Waals surface area contributed by atoms with Crippen LogP contribution in [0.15, 0.2) is 94.6 Å². The van der Waals surface area contributed by atoms with E-state index in [1.165, 1.54) is 0 Å². The average Bonchev–Trinajstić information content (AvgIpc) is 3.26. The smallest absolute Gasteiger partial charge is 0.264 e. The zero-order valence-corrected chi connectivity index (χ0v) is 21.2. The SMILES string of the molecule is COC/C=C/C(=O)N1CCCCC1C1=C2C=NC=C[N+]2(N)C(c2ccc(C(=O)Nc3ccccn3)cc2)=N1. The van der Waals surface area contributed by atoms with Crippen molar-refractivity contribution in [3.63, 3.8) is 0 Å². The van der Waals surface area contributed by atoms with Crippen molar-refractivity contribution in [1.82, 2.24) is 9.88 Å². The molecule has 2 amide bonds. The Morgan fingerprint density at radius 3 is 2.82 bits per heavy atom. The number of nitrogens with two attached hydrogens (primary N) is 1. The van der Waals surface area contributed by atoms with Crippen LogP contribution in [0.2, 0.25) is 0 Å². The number of methoxy groups -OCH3 is 1. The van der Waals surface area contributed by atoms with E-state index >= 15 is 0 Å². The Balaban J connectivity index is 1.44.